The summed E-state index contributed by atoms with van der Waals surface area (Å²) in [6.07, 6.45) is 1.73. The van der Waals surface area contributed by atoms with Crippen molar-refractivity contribution in [1.29, 1.82) is 0 Å². The van der Waals surface area contributed by atoms with Gasteiger partial charge < -0.3 is 10.2 Å². The van der Waals surface area contributed by atoms with Crippen molar-refractivity contribution < 1.29 is 27.8 Å². The quantitative estimate of drug-likeness (QED) is 0.704. The Kier molecular flexibility index (Phi) is 6.25. The SMILES string of the molecule is CN(CCCCCO)S(=O)(=O)c1cc(F)ccc1C(=O)O. The molecule has 8 heteroatoms. The van der Waals surface area contributed by atoms with Crippen LogP contribution in [0.25, 0.3) is 0 Å². The van der Waals surface area contributed by atoms with Crippen molar-refractivity contribution in [2.75, 3.05) is 20.2 Å². The number of hydrogen-bond donors (Lipinski definition) is 2. The maximum atomic E-state index is 13.3. The number of carboxylic acids is 1. The number of aliphatic hydroxyl groups is 1. The molecule has 0 aromatic heterocycles. The number of carbonyl (C=O) groups is 1. The molecule has 0 fully saturated rings. The number of benzene rings is 1. The second kappa shape index (κ2) is 7.48. The largest absolute Gasteiger partial charge is 0.478 e. The van der Waals surface area contributed by atoms with Gasteiger partial charge in [0.05, 0.1) is 10.5 Å². The Morgan fingerprint density at radius 1 is 1.29 bits per heavy atom. The minimum Gasteiger partial charge on any atom is -0.478 e. The van der Waals surface area contributed by atoms with Gasteiger partial charge >= 0.3 is 5.97 Å². The number of hydrogen-bond acceptors (Lipinski definition) is 4. The van der Waals surface area contributed by atoms with Crippen LogP contribution in [0.2, 0.25) is 0 Å². The third-order valence-corrected chi connectivity index (χ3v) is 4.89. The van der Waals surface area contributed by atoms with Gasteiger partial charge in [0.2, 0.25) is 10.0 Å². The lowest BCUT2D eigenvalue weighted by molar-refractivity contribution is 0.0692. The highest BCUT2D eigenvalue weighted by Crippen LogP contribution is 2.21. The van der Waals surface area contributed by atoms with Gasteiger partial charge in [-0.2, -0.15) is 0 Å². The van der Waals surface area contributed by atoms with Crippen LogP contribution >= 0.6 is 0 Å². The number of nitrogens with zero attached hydrogens (tertiary/aromatic N) is 1. The van der Waals surface area contributed by atoms with Gasteiger partial charge in [-0.25, -0.2) is 21.9 Å². The summed E-state index contributed by atoms with van der Waals surface area (Å²) < 4.78 is 38.9. The highest BCUT2D eigenvalue weighted by molar-refractivity contribution is 7.89. The number of aromatic carboxylic acids is 1. The van der Waals surface area contributed by atoms with Crippen LogP contribution in [-0.4, -0.2) is 49.1 Å². The summed E-state index contributed by atoms with van der Waals surface area (Å²) in [6, 6.07) is 2.55. The Morgan fingerprint density at radius 3 is 2.52 bits per heavy atom. The van der Waals surface area contributed by atoms with E-state index in [1.54, 1.807) is 0 Å². The second-order valence-electron chi connectivity index (χ2n) is 4.56. The fourth-order valence-electron chi connectivity index (χ4n) is 1.80. The van der Waals surface area contributed by atoms with Gasteiger partial charge in [-0.1, -0.05) is 0 Å². The van der Waals surface area contributed by atoms with Gasteiger partial charge in [0.1, 0.15) is 5.82 Å². The first-order valence-electron chi connectivity index (χ1n) is 6.40. The van der Waals surface area contributed by atoms with E-state index in [2.05, 4.69) is 0 Å². The molecule has 0 saturated heterocycles. The van der Waals surface area contributed by atoms with Crippen molar-refractivity contribution in [2.45, 2.75) is 24.2 Å². The Hall–Kier alpha value is -1.51. The molecule has 0 unspecified atom stereocenters. The lowest BCUT2D eigenvalue weighted by atomic mass is 10.2. The van der Waals surface area contributed by atoms with Crippen LogP contribution in [0.3, 0.4) is 0 Å². The van der Waals surface area contributed by atoms with Crippen LogP contribution < -0.4 is 0 Å². The van der Waals surface area contributed by atoms with E-state index in [4.69, 9.17) is 10.2 Å². The summed E-state index contributed by atoms with van der Waals surface area (Å²) in [4.78, 5) is 10.5. The summed E-state index contributed by atoms with van der Waals surface area (Å²) in [6.45, 7) is 0.196. The molecule has 2 N–H and O–H groups in total. The topological polar surface area (TPSA) is 94.9 Å². The molecule has 21 heavy (non-hydrogen) atoms. The molecule has 6 nitrogen and oxygen atoms in total. The molecule has 0 amide bonds. The third kappa shape index (κ3) is 4.48. The second-order valence-corrected chi connectivity index (χ2v) is 6.57. The van der Waals surface area contributed by atoms with Crippen LogP contribution in [0.5, 0.6) is 0 Å². The van der Waals surface area contributed by atoms with Crippen molar-refractivity contribution >= 4 is 16.0 Å². The van der Waals surface area contributed by atoms with E-state index in [0.717, 1.165) is 16.4 Å². The Balaban J connectivity index is 3.01. The Morgan fingerprint density at radius 2 is 1.95 bits per heavy atom. The Bertz CT molecular complexity index is 603. The molecule has 1 rings (SSSR count). The van der Waals surface area contributed by atoms with Gasteiger partial charge in [0, 0.05) is 20.2 Å². The minimum absolute atomic E-state index is 0.0313. The number of unbranched alkanes of at least 4 members (excludes halogenated alkanes) is 2. The van der Waals surface area contributed by atoms with E-state index in [9.17, 15) is 17.6 Å². The van der Waals surface area contributed by atoms with Crippen LogP contribution in [0, 0.1) is 5.82 Å². The van der Waals surface area contributed by atoms with Crippen molar-refractivity contribution in [3.63, 3.8) is 0 Å². The zero-order valence-corrected chi connectivity index (χ0v) is 12.4. The third-order valence-electron chi connectivity index (χ3n) is 2.99. The first-order chi connectivity index (χ1) is 9.80. The molecule has 0 saturated carbocycles. The maximum Gasteiger partial charge on any atom is 0.337 e. The van der Waals surface area contributed by atoms with Crippen molar-refractivity contribution in [1.82, 2.24) is 4.31 Å². The smallest absolute Gasteiger partial charge is 0.337 e. The van der Waals surface area contributed by atoms with Crippen LogP contribution in [0.1, 0.15) is 29.6 Å². The van der Waals surface area contributed by atoms with Gasteiger partial charge in [0.25, 0.3) is 0 Å². The van der Waals surface area contributed by atoms with Gasteiger partial charge in [-0.05, 0) is 37.5 Å². The Labute approximate surface area is 122 Å². The van der Waals surface area contributed by atoms with Gasteiger partial charge in [-0.15, -0.1) is 0 Å². The zero-order valence-electron chi connectivity index (χ0n) is 11.6. The average Bonchev–Trinajstić information content (AvgIpc) is 2.42. The van der Waals surface area contributed by atoms with Crippen LogP contribution in [-0.2, 0) is 10.0 Å². The van der Waals surface area contributed by atoms with E-state index in [0.29, 0.717) is 25.3 Å². The summed E-state index contributed by atoms with van der Waals surface area (Å²) in [5.74, 6) is -2.24. The molecule has 0 spiro atoms. The molecule has 0 radical (unpaired) electrons. The summed E-state index contributed by atoms with van der Waals surface area (Å²) in [5, 5.41) is 17.7. The van der Waals surface area contributed by atoms with E-state index in [1.807, 2.05) is 0 Å². The van der Waals surface area contributed by atoms with E-state index >= 15 is 0 Å². The van der Waals surface area contributed by atoms with E-state index in [1.165, 1.54) is 7.05 Å². The lowest BCUT2D eigenvalue weighted by Gasteiger charge is -2.18. The molecule has 0 aliphatic carbocycles. The van der Waals surface area contributed by atoms with Crippen molar-refractivity contribution in [3.05, 3.63) is 29.6 Å². The number of aliphatic hydroxyl groups excluding tert-OH is 1. The predicted octanol–water partition coefficient (Wildman–Crippen LogP) is 1.31. The molecule has 1 aromatic carbocycles. The molecule has 1 aromatic rings. The summed E-state index contributed by atoms with van der Waals surface area (Å²) in [7, 11) is -2.76. The molecular formula is C13H18FNO5S. The average molecular weight is 319 g/mol. The molecule has 0 bridgehead atoms. The first-order valence-corrected chi connectivity index (χ1v) is 7.84. The molecule has 0 aliphatic rings. The van der Waals surface area contributed by atoms with E-state index < -0.39 is 32.3 Å². The molecule has 0 atom stereocenters. The minimum atomic E-state index is -4.07. The highest BCUT2D eigenvalue weighted by atomic mass is 32.2. The molecule has 118 valence electrons. The van der Waals surface area contributed by atoms with Crippen LogP contribution in [0.15, 0.2) is 23.1 Å². The lowest BCUT2D eigenvalue weighted by Crippen LogP contribution is -2.29. The first kappa shape index (κ1) is 17.5. The predicted molar refractivity (Wildman–Crippen MR) is 74.1 cm³/mol. The number of carboxylic acid groups (broad SMARTS) is 1. The fourth-order valence-corrected chi connectivity index (χ4v) is 3.20. The number of sulfonamides is 1. The summed E-state index contributed by atoms with van der Waals surface area (Å²) >= 11 is 0. The van der Waals surface area contributed by atoms with Gasteiger partial charge in [0.15, 0.2) is 0 Å². The maximum absolute atomic E-state index is 13.3. The van der Waals surface area contributed by atoms with Gasteiger partial charge in [-0.3, -0.25) is 0 Å². The molecular weight excluding hydrogens is 301 g/mol. The number of rotatable bonds is 8. The molecule has 0 aliphatic heterocycles. The summed E-state index contributed by atoms with van der Waals surface area (Å²) in [5.41, 5.74) is -0.460. The molecule has 0 heterocycles. The number of halogens is 1. The van der Waals surface area contributed by atoms with Crippen molar-refractivity contribution in [2.24, 2.45) is 0 Å². The zero-order chi connectivity index (χ0) is 16.0. The van der Waals surface area contributed by atoms with Crippen LogP contribution in [0.4, 0.5) is 4.39 Å². The van der Waals surface area contributed by atoms with Crippen molar-refractivity contribution in [3.8, 4) is 0 Å². The normalized spacial score (nSPS) is 11.8. The highest BCUT2D eigenvalue weighted by Gasteiger charge is 2.26. The van der Waals surface area contributed by atoms with E-state index in [-0.39, 0.29) is 13.2 Å². The fraction of sp³-hybridized carbons (Fsp3) is 0.462. The standard InChI is InChI=1S/C13H18FNO5S/c1-15(7-3-2-4-8-16)21(19,20)12-9-10(14)5-6-11(12)13(17)18/h5-6,9,16H,2-4,7-8H2,1H3,(H,17,18). The monoisotopic (exact) mass is 319 g/mol.